The Bertz CT molecular complexity index is 59.9. The molecular weight excluding hydrogens is 134 g/mol. The third-order valence-electron chi connectivity index (χ3n) is 2.13. The second kappa shape index (κ2) is 9.96. The van der Waals surface area contributed by atoms with Crippen LogP contribution in [0, 0.1) is 11.8 Å². The van der Waals surface area contributed by atoms with Gasteiger partial charge in [0.1, 0.15) is 0 Å². The van der Waals surface area contributed by atoms with Gasteiger partial charge >= 0.3 is 0 Å². The van der Waals surface area contributed by atoms with Crippen molar-refractivity contribution in [3.63, 3.8) is 0 Å². The molecule has 1 nitrogen and oxygen atoms in total. The molecule has 1 heteroatoms. The van der Waals surface area contributed by atoms with Gasteiger partial charge in [0.2, 0.25) is 0 Å². The van der Waals surface area contributed by atoms with E-state index in [1.807, 2.05) is 0 Å². The summed E-state index contributed by atoms with van der Waals surface area (Å²) in [4.78, 5) is 0. The van der Waals surface area contributed by atoms with Gasteiger partial charge in [0.25, 0.3) is 0 Å². The molecule has 1 unspecified atom stereocenters. The third-order valence-corrected chi connectivity index (χ3v) is 2.13. The summed E-state index contributed by atoms with van der Waals surface area (Å²) >= 11 is 0. The fourth-order valence-corrected chi connectivity index (χ4v) is 1.38. The van der Waals surface area contributed by atoms with Gasteiger partial charge in [0.15, 0.2) is 0 Å². The van der Waals surface area contributed by atoms with Gasteiger partial charge in [-0.05, 0) is 18.9 Å². The Hall–Kier alpha value is -0.0400. The Morgan fingerprint density at radius 2 is 1.55 bits per heavy atom. The van der Waals surface area contributed by atoms with E-state index in [4.69, 9.17) is 0 Å². The van der Waals surface area contributed by atoms with Crippen LogP contribution in [0.4, 0.5) is 0 Å². The Balaban J connectivity index is 0. The van der Waals surface area contributed by atoms with Gasteiger partial charge in [-0.1, -0.05) is 47.0 Å². The lowest BCUT2D eigenvalue weighted by Crippen LogP contribution is -2.06. The molecule has 0 spiro atoms. The molecule has 0 aromatic carbocycles. The molecule has 0 aliphatic carbocycles. The summed E-state index contributed by atoms with van der Waals surface area (Å²) in [6.45, 7) is 9.21. The molecule has 0 aliphatic heterocycles. The zero-order valence-electron chi connectivity index (χ0n) is 8.85. The van der Waals surface area contributed by atoms with Gasteiger partial charge in [0.05, 0.1) is 0 Å². The maximum absolute atomic E-state index is 4.50. The highest BCUT2D eigenvalue weighted by atomic mass is 14.4. The van der Waals surface area contributed by atoms with Crippen LogP contribution in [0.15, 0.2) is 0 Å². The van der Waals surface area contributed by atoms with Crippen LogP contribution in [0.5, 0.6) is 0 Å². The molecule has 0 amide bonds. The number of hydrogen-bond donors (Lipinski definition) is 1. The smallest absolute Gasteiger partial charge is 0.0195 e. The first-order valence-corrected chi connectivity index (χ1v) is 4.80. The van der Waals surface area contributed by atoms with Gasteiger partial charge in [-0.15, -0.1) is 0 Å². The second-order valence-electron chi connectivity index (χ2n) is 3.20. The first-order chi connectivity index (χ1) is 5.22. The third kappa shape index (κ3) is 7.86. The van der Waals surface area contributed by atoms with E-state index < -0.39 is 0 Å². The Morgan fingerprint density at radius 3 is 1.64 bits per heavy atom. The van der Waals surface area contributed by atoms with Gasteiger partial charge < -0.3 is 5.73 Å². The molecule has 0 heterocycles. The molecule has 2 N–H and O–H groups in total. The maximum Gasteiger partial charge on any atom is -0.0195 e. The minimum atomic E-state index is 0.884. The van der Waals surface area contributed by atoms with Crippen molar-refractivity contribution in [3.05, 3.63) is 0 Å². The van der Waals surface area contributed by atoms with E-state index in [0.29, 0.717) is 0 Å². The SMILES string of the molecule is CCCC(CC)C(C)C.CN. The fourth-order valence-electron chi connectivity index (χ4n) is 1.38. The van der Waals surface area contributed by atoms with E-state index in [2.05, 4.69) is 33.4 Å². The van der Waals surface area contributed by atoms with E-state index >= 15 is 0 Å². The van der Waals surface area contributed by atoms with E-state index in [1.165, 1.54) is 26.3 Å². The summed E-state index contributed by atoms with van der Waals surface area (Å²) in [5.41, 5.74) is 4.50. The highest BCUT2D eigenvalue weighted by Gasteiger charge is 2.08. The minimum Gasteiger partial charge on any atom is -0.333 e. The lowest BCUT2D eigenvalue weighted by molar-refractivity contribution is 0.346. The van der Waals surface area contributed by atoms with Crippen molar-refractivity contribution in [3.8, 4) is 0 Å². The molecular formula is C10H25N. The van der Waals surface area contributed by atoms with Gasteiger partial charge in [-0.2, -0.15) is 0 Å². The van der Waals surface area contributed by atoms with Crippen molar-refractivity contribution in [2.75, 3.05) is 7.05 Å². The summed E-state index contributed by atoms with van der Waals surface area (Å²) < 4.78 is 0. The topological polar surface area (TPSA) is 26.0 Å². The van der Waals surface area contributed by atoms with Crippen LogP contribution in [-0.4, -0.2) is 7.05 Å². The van der Waals surface area contributed by atoms with Gasteiger partial charge in [0, 0.05) is 0 Å². The molecule has 0 aliphatic rings. The molecule has 0 radical (unpaired) electrons. The molecule has 70 valence electrons. The van der Waals surface area contributed by atoms with Crippen LogP contribution in [0.25, 0.3) is 0 Å². The number of rotatable bonds is 4. The lowest BCUT2D eigenvalue weighted by atomic mass is 9.89. The number of nitrogens with two attached hydrogens (primary N) is 1. The molecule has 11 heavy (non-hydrogen) atoms. The predicted octanol–water partition coefficient (Wildman–Crippen LogP) is 3.04. The van der Waals surface area contributed by atoms with Crippen LogP contribution in [0.2, 0.25) is 0 Å². The quantitative estimate of drug-likeness (QED) is 0.670. The summed E-state index contributed by atoms with van der Waals surface area (Å²) in [5, 5.41) is 0. The van der Waals surface area contributed by atoms with Crippen molar-refractivity contribution in [2.24, 2.45) is 17.6 Å². The largest absolute Gasteiger partial charge is 0.333 e. The zero-order chi connectivity index (χ0) is 9.28. The molecule has 0 aromatic heterocycles. The monoisotopic (exact) mass is 159 g/mol. The Kier molecular flexibility index (Phi) is 12.3. The van der Waals surface area contributed by atoms with Crippen molar-refractivity contribution >= 4 is 0 Å². The normalized spacial score (nSPS) is 12.3. The first-order valence-electron chi connectivity index (χ1n) is 4.80. The Labute approximate surface area is 72.4 Å². The highest BCUT2D eigenvalue weighted by molar-refractivity contribution is 4.59. The van der Waals surface area contributed by atoms with Crippen molar-refractivity contribution in [2.45, 2.75) is 47.0 Å². The van der Waals surface area contributed by atoms with Crippen molar-refractivity contribution < 1.29 is 0 Å². The molecule has 0 bridgehead atoms. The van der Waals surface area contributed by atoms with Crippen LogP contribution in [0.3, 0.4) is 0 Å². The van der Waals surface area contributed by atoms with E-state index in [-0.39, 0.29) is 0 Å². The summed E-state index contributed by atoms with van der Waals surface area (Å²) in [7, 11) is 1.50. The fraction of sp³-hybridized carbons (Fsp3) is 1.00. The highest BCUT2D eigenvalue weighted by Crippen LogP contribution is 2.19. The lowest BCUT2D eigenvalue weighted by Gasteiger charge is -2.17. The first kappa shape index (κ1) is 13.5. The standard InChI is InChI=1S/C9H20.CH5N/c1-5-7-9(6-2)8(3)4;1-2/h8-9H,5-7H2,1-4H3;2H2,1H3. The second-order valence-corrected chi connectivity index (χ2v) is 3.20. The summed E-state index contributed by atoms with van der Waals surface area (Å²) in [6.07, 6.45) is 4.11. The van der Waals surface area contributed by atoms with Crippen LogP contribution in [-0.2, 0) is 0 Å². The summed E-state index contributed by atoms with van der Waals surface area (Å²) in [5.74, 6) is 1.85. The van der Waals surface area contributed by atoms with E-state index in [0.717, 1.165) is 11.8 Å². The van der Waals surface area contributed by atoms with E-state index in [9.17, 15) is 0 Å². The summed E-state index contributed by atoms with van der Waals surface area (Å²) in [6, 6.07) is 0. The van der Waals surface area contributed by atoms with Crippen LogP contribution < -0.4 is 5.73 Å². The number of hydrogen-bond acceptors (Lipinski definition) is 1. The van der Waals surface area contributed by atoms with Gasteiger partial charge in [-0.3, -0.25) is 0 Å². The van der Waals surface area contributed by atoms with Crippen LogP contribution in [0.1, 0.15) is 47.0 Å². The zero-order valence-corrected chi connectivity index (χ0v) is 8.85. The van der Waals surface area contributed by atoms with Crippen molar-refractivity contribution in [1.82, 2.24) is 0 Å². The molecule has 1 atom stereocenters. The van der Waals surface area contributed by atoms with Gasteiger partial charge in [-0.25, -0.2) is 0 Å². The Morgan fingerprint density at radius 1 is 1.09 bits per heavy atom. The molecule has 0 saturated heterocycles. The average Bonchev–Trinajstić information content (AvgIpc) is 2.03. The molecule has 0 rings (SSSR count). The molecule has 0 saturated carbocycles. The molecule has 0 fully saturated rings. The van der Waals surface area contributed by atoms with Crippen LogP contribution >= 0.6 is 0 Å². The maximum atomic E-state index is 4.50. The van der Waals surface area contributed by atoms with Crippen molar-refractivity contribution in [1.29, 1.82) is 0 Å². The van der Waals surface area contributed by atoms with E-state index in [1.54, 1.807) is 0 Å². The minimum absolute atomic E-state index is 0.884. The predicted molar refractivity (Wildman–Crippen MR) is 53.6 cm³/mol. The average molecular weight is 159 g/mol. The molecule has 0 aromatic rings.